The van der Waals surface area contributed by atoms with Gasteiger partial charge >= 0.3 is 0 Å². The molecule has 0 saturated heterocycles. The minimum atomic E-state index is 0.244. The van der Waals surface area contributed by atoms with E-state index < -0.39 is 0 Å². The first kappa shape index (κ1) is 16.5. The molecule has 0 aliphatic rings. The fourth-order valence-corrected chi connectivity index (χ4v) is 2.33. The van der Waals surface area contributed by atoms with E-state index >= 15 is 0 Å². The van der Waals surface area contributed by atoms with Crippen LogP contribution in [0.15, 0.2) is 55.3 Å². The molecule has 0 aromatic heterocycles. The Bertz CT molecular complexity index is 397. The van der Waals surface area contributed by atoms with Crippen molar-refractivity contribution in [1.29, 1.82) is 0 Å². The van der Waals surface area contributed by atoms with Crippen molar-refractivity contribution in [3.05, 3.63) is 60.8 Å². The van der Waals surface area contributed by atoms with Crippen LogP contribution in [0.5, 0.6) is 0 Å². The zero-order valence-electron chi connectivity index (χ0n) is 12.6. The average Bonchev–Trinajstić information content (AvgIpc) is 2.45. The summed E-state index contributed by atoms with van der Waals surface area (Å²) >= 11 is 0. The van der Waals surface area contributed by atoms with Crippen LogP contribution in [-0.4, -0.2) is 12.6 Å². The molecule has 2 atom stereocenters. The van der Waals surface area contributed by atoms with Crippen molar-refractivity contribution < 1.29 is 0 Å². The quantitative estimate of drug-likeness (QED) is 0.638. The van der Waals surface area contributed by atoms with E-state index in [1.807, 2.05) is 6.08 Å². The number of aryl methyl sites for hydroxylation is 1. The number of rotatable bonds is 10. The van der Waals surface area contributed by atoms with Gasteiger partial charge in [-0.05, 0) is 43.7 Å². The van der Waals surface area contributed by atoms with Gasteiger partial charge in [0.25, 0.3) is 0 Å². The average molecular weight is 272 g/mol. The van der Waals surface area contributed by atoms with Crippen LogP contribution in [0.2, 0.25) is 0 Å². The highest BCUT2D eigenvalue weighted by Gasteiger charge is 2.08. The smallest absolute Gasteiger partial charge is 0.0450 e. The Morgan fingerprint density at radius 2 is 2.00 bits per heavy atom. The molecule has 1 aromatic rings. The molecule has 110 valence electrons. The maximum Gasteiger partial charge on any atom is 0.0450 e. The minimum absolute atomic E-state index is 0.244. The highest BCUT2D eigenvalue weighted by molar-refractivity contribution is 5.14. The van der Waals surface area contributed by atoms with E-state index in [2.05, 4.69) is 55.7 Å². The molecule has 0 amide bonds. The zero-order chi connectivity index (χ0) is 14.8. The summed E-state index contributed by atoms with van der Waals surface area (Å²) < 4.78 is 0. The van der Waals surface area contributed by atoms with Gasteiger partial charge in [-0.2, -0.15) is 0 Å². The molecule has 2 nitrogen and oxygen atoms in total. The fraction of sp³-hybridized carbons (Fsp3) is 0.444. The van der Waals surface area contributed by atoms with Crippen LogP contribution >= 0.6 is 0 Å². The fourth-order valence-electron chi connectivity index (χ4n) is 2.33. The molecule has 0 spiro atoms. The van der Waals surface area contributed by atoms with E-state index in [0.717, 1.165) is 25.0 Å². The van der Waals surface area contributed by atoms with Gasteiger partial charge in [0.05, 0.1) is 0 Å². The molecule has 3 N–H and O–H groups in total. The van der Waals surface area contributed by atoms with Gasteiger partial charge in [-0.1, -0.05) is 49.9 Å². The molecule has 0 radical (unpaired) electrons. The summed E-state index contributed by atoms with van der Waals surface area (Å²) in [5.41, 5.74) is 8.07. The van der Waals surface area contributed by atoms with Gasteiger partial charge in [0.1, 0.15) is 0 Å². The highest BCUT2D eigenvalue weighted by atomic mass is 14.9. The van der Waals surface area contributed by atoms with Crippen molar-refractivity contribution in [2.45, 2.75) is 38.6 Å². The van der Waals surface area contributed by atoms with Gasteiger partial charge in [0, 0.05) is 11.7 Å². The summed E-state index contributed by atoms with van der Waals surface area (Å²) in [6.07, 6.45) is 6.12. The molecular formula is C18H28N2. The molecule has 0 unspecified atom stereocenters. The third-order valence-corrected chi connectivity index (χ3v) is 3.52. The van der Waals surface area contributed by atoms with Crippen molar-refractivity contribution in [2.24, 2.45) is 11.7 Å². The summed E-state index contributed by atoms with van der Waals surface area (Å²) in [6.45, 7) is 10.9. The first-order chi connectivity index (χ1) is 9.65. The third-order valence-electron chi connectivity index (χ3n) is 3.52. The predicted molar refractivity (Wildman–Crippen MR) is 88.5 cm³/mol. The standard InChI is InChI=1S/C18H28N2/c1-4-18(12-13-19)20-16(3)14-15(2)10-11-17-8-6-5-7-9-17/h4-9,15,18,20H,1,3,10-14,19H2,2H3/t15-,18+/m0/s1. The lowest BCUT2D eigenvalue weighted by molar-refractivity contribution is 0.497. The van der Waals surface area contributed by atoms with Gasteiger partial charge in [-0.3, -0.25) is 0 Å². The van der Waals surface area contributed by atoms with Crippen LogP contribution in [0.25, 0.3) is 0 Å². The summed E-state index contributed by atoms with van der Waals surface area (Å²) in [4.78, 5) is 0. The second-order valence-corrected chi connectivity index (χ2v) is 5.50. The molecule has 1 rings (SSSR count). The molecule has 0 bridgehead atoms. The Hall–Kier alpha value is -1.54. The number of nitrogens with one attached hydrogen (secondary N) is 1. The Labute approximate surface area is 123 Å². The number of nitrogens with two attached hydrogens (primary N) is 1. The molecular weight excluding hydrogens is 244 g/mol. The molecule has 0 aliphatic heterocycles. The molecule has 2 heteroatoms. The van der Waals surface area contributed by atoms with Crippen molar-refractivity contribution >= 4 is 0 Å². The monoisotopic (exact) mass is 272 g/mol. The summed E-state index contributed by atoms with van der Waals surface area (Å²) in [7, 11) is 0. The normalized spacial score (nSPS) is 13.5. The molecule has 0 fully saturated rings. The van der Waals surface area contributed by atoms with Crippen LogP contribution < -0.4 is 11.1 Å². The van der Waals surface area contributed by atoms with Crippen molar-refractivity contribution in [2.75, 3.05) is 6.54 Å². The third kappa shape index (κ3) is 6.58. The predicted octanol–water partition coefficient (Wildman–Crippen LogP) is 3.65. The lowest BCUT2D eigenvalue weighted by Gasteiger charge is -2.20. The number of benzene rings is 1. The van der Waals surface area contributed by atoms with Gasteiger partial charge in [0.15, 0.2) is 0 Å². The molecule has 20 heavy (non-hydrogen) atoms. The van der Waals surface area contributed by atoms with Crippen molar-refractivity contribution in [1.82, 2.24) is 5.32 Å². The second kappa shape index (κ2) is 9.38. The van der Waals surface area contributed by atoms with Crippen molar-refractivity contribution in [3.8, 4) is 0 Å². The summed E-state index contributed by atoms with van der Waals surface area (Å²) in [6, 6.07) is 10.9. The van der Waals surface area contributed by atoms with Crippen LogP contribution in [0, 0.1) is 5.92 Å². The molecule has 0 aliphatic carbocycles. The molecule has 1 aromatic carbocycles. The SMILES string of the molecule is C=C[C@H](CCN)NC(=C)C[C@@H](C)CCc1ccccc1. The van der Waals surface area contributed by atoms with E-state index in [0.29, 0.717) is 12.5 Å². The highest BCUT2D eigenvalue weighted by Crippen LogP contribution is 2.16. The van der Waals surface area contributed by atoms with Gasteiger partial charge in [-0.25, -0.2) is 0 Å². The minimum Gasteiger partial charge on any atom is -0.383 e. The second-order valence-electron chi connectivity index (χ2n) is 5.50. The molecule has 0 saturated carbocycles. The van der Waals surface area contributed by atoms with Crippen molar-refractivity contribution in [3.63, 3.8) is 0 Å². The Kier molecular flexibility index (Phi) is 7.74. The number of hydrogen-bond acceptors (Lipinski definition) is 2. The maximum absolute atomic E-state index is 5.58. The lowest BCUT2D eigenvalue weighted by Crippen LogP contribution is -2.29. The lowest BCUT2D eigenvalue weighted by atomic mass is 9.97. The van der Waals surface area contributed by atoms with E-state index in [9.17, 15) is 0 Å². The van der Waals surface area contributed by atoms with Gasteiger partial charge < -0.3 is 11.1 Å². The van der Waals surface area contributed by atoms with E-state index in [1.165, 1.54) is 12.0 Å². The maximum atomic E-state index is 5.58. The Balaban J connectivity index is 2.29. The number of allylic oxidation sites excluding steroid dienone is 1. The van der Waals surface area contributed by atoms with E-state index in [4.69, 9.17) is 5.73 Å². The topological polar surface area (TPSA) is 38.0 Å². The first-order valence-electron chi connectivity index (χ1n) is 7.46. The Morgan fingerprint density at radius 1 is 1.30 bits per heavy atom. The van der Waals surface area contributed by atoms with Crippen LogP contribution in [-0.2, 0) is 6.42 Å². The van der Waals surface area contributed by atoms with E-state index in [1.54, 1.807) is 0 Å². The summed E-state index contributed by atoms with van der Waals surface area (Å²) in [5.74, 6) is 0.624. The number of hydrogen-bond donors (Lipinski definition) is 2. The summed E-state index contributed by atoms with van der Waals surface area (Å²) in [5, 5.41) is 3.40. The van der Waals surface area contributed by atoms with Gasteiger partial charge in [-0.15, -0.1) is 6.58 Å². The van der Waals surface area contributed by atoms with Crippen LogP contribution in [0.1, 0.15) is 31.7 Å². The first-order valence-corrected chi connectivity index (χ1v) is 7.46. The van der Waals surface area contributed by atoms with Crippen LogP contribution in [0.3, 0.4) is 0 Å². The van der Waals surface area contributed by atoms with Crippen LogP contribution in [0.4, 0.5) is 0 Å². The largest absolute Gasteiger partial charge is 0.383 e. The Morgan fingerprint density at radius 3 is 2.60 bits per heavy atom. The van der Waals surface area contributed by atoms with E-state index in [-0.39, 0.29) is 6.04 Å². The zero-order valence-corrected chi connectivity index (χ0v) is 12.6. The molecule has 0 heterocycles. The van der Waals surface area contributed by atoms with Gasteiger partial charge in [0.2, 0.25) is 0 Å².